The minimum absolute atomic E-state index is 0.0650. The Hall–Kier alpha value is -1.47. The highest BCUT2D eigenvalue weighted by Gasteiger charge is 2.12. The van der Waals surface area contributed by atoms with Gasteiger partial charge in [-0.2, -0.15) is 5.26 Å². The molecule has 0 unspecified atom stereocenters. The molecule has 0 bridgehead atoms. The number of amides is 1. The van der Waals surface area contributed by atoms with Crippen molar-refractivity contribution in [1.82, 2.24) is 9.88 Å². The molecule has 0 spiro atoms. The van der Waals surface area contributed by atoms with E-state index in [9.17, 15) is 4.79 Å². The molecule has 13 heavy (non-hydrogen) atoms. The molecule has 0 atom stereocenters. The monoisotopic (exact) mass is 197 g/mol. The molecular formula is C8H8ClN3O. The zero-order chi connectivity index (χ0) is 9.84. The van der Waals surface area contributed by atoms with Gasteiger partial charge < -0.3 is 9.88 Å². The maximum absolute atomic E-state index is 11.4. The van der Waals surface area contributed by atoms with Gasteiger partial charge in [-0.3, -0.25) is 4.79 Å². The van der Waals surface area contributed by atoms with Crippen LogP contribution in [-0.4, -0.2) is 29.4 Å². The molecule has 1 aromatic heterocycles. The van der Waals surface area contributed by atoms with Crippen molar-refractivity contribution in [2.75, 3.05) is 13.6 Å². The van der Waals surface area contributed by atoms with Crippen LogP contribution in [0.5, 0.6) is 0 Å². The molecule has 68 valence electrons. The maximum Gasteiger partial charge on any atom is 0.270 e. The molecule has 1 N–H and O–H groups in total. The Kier molecular flexibility index (Phi) is 2.93. The van der Waals surface area contributed by atoms with Crippen molar-refractivity contribution in [3.63, 3.8) is 0 Å². The highest BCUT2D eigenvalue weighted by Crippen LogP contribution is 2.10. The molecule has 5 heteroatoms. The summed E-state index contributed by atoms with van der Waals surface area (Å²) in [5.74, 6) is -0.242. The number of aromatic amines is 1. The van der Waals surface area contributed by atoms with Crippen LogP contribution in [0.25, 0.3) is 0 Å². The fourth-order valence-corrected chi connectivity index (χ4v) is 1.04. The fourth-order valence-electron chi connectivity index (χ4n) is 0.875. The van der Waals surface area contributed by atoms with Gasteiger partial charge in [0.1, 0.15) is 12.2 Å². The van der Waals surface area contributed by atoms with E-state index in [-0.39, 0.29) is 12.5 Å². The van der Waals surface area contributed by atoms with E-state index in [4.69, 9.17) is 16.9 Å². The van der Waals surface area contributed by atoms with Gasteiger partial charge in [0.15, 0.2) is 0 Å². The normalized spacial score (nSPS) is 9.31. The van der Waals surface area contributed by atoms with Crippen molar-refractivity contribution in [3.05, 3.63) is 23.0 Å². The molecule has 0 aliphatic heterocycles. The molecule has 1 aromatic rings. The average Bonchev–Trinajstić information content (AvgIpc) is 2.51. The molecule has 0 aliphatic carbocycles. The van der Waals surface area contributed by atoms with Crippen molar-refractivity contribution in [2.24, 2.45) is 0 Å². The molecule has 0 saturated carbocycles. The van der Waals surface area contributed by atoms with Gasteiger partial charge in [0.2, 0.25) is 0 Å². The lowest BCUT2D eigenvalue weighted by Gasteiger charge is -2.10. The Morgan fingerprint density at radius 1 is 1.85 bits per heavy atom. The third-order valence-corrected chi connectivity index (χ3v) is 1.75. The SMILES string of the molecule is CN(CC#N)C(=O)c1cc(Cl)c[nH]1. The number of nitrogens with one attached hydrogen (secondary N) is 1. The summed E-state index contributed by atoms with van der Waals surface area (Å²) >= 11 is 5.62. The van der Waals surface area contributed by atoms with Crippen LogP contribution in [0.4, 0.5) is 0 Å². The third kappa shape index (κ3) is 2.23. The molecule has 0 aliphatic rings. The van der Waals surface area contributed by atoms with Gasteiger partial charge in [-0.1, -0.05) is 11.6 Å². The van der Waals surface area contributed by atoms with E-state index in [2.05, 4.69) is 4.98 Å². The van der Waals surface area contributed by atoms with Crippen molar-refractivity contribution < 1.29 is 4.79 Å². The number of aromatic nitrogens is 1. The summed E-state index contributed by atoms with van der Waals surface area (Å²) in [6.07, 6.45) is 1.52. The maximum atomic E-state index is 11.4. The summed E-state index contributed by atoms with van der Waals surface area (Å²) in [6, 6.07) is 3.41. The summed E-state index contributed by atoms with van der Waals surface area (Å²) < 4.78 is 0. The summed E-state index contributed by atoms with van der Waals surface area (Å²) in [5.41, 5.74) is 0.391. The van der Waals surface area contributed by atoms with E-state index in [0.29, 0.717) is 10.7 Å². The number of carbonyl (C=O) groups excluding carboxylic acids is 1. The Morgan fingerprint density at radius 2 is 2.54 bits per heavy atom. The van der Waals surface area contributed by atoms with Crippen LogP contribution >= 0.6 is 11.6 Å². The highest BCUT2D eigenvalue weighted by atomic mass is 35.5. The van der Waals surface area contributed by atoms with Gasteiger partial charge in [-0.05, 0) is 6.07 Å². The second-order valence-corrected chi connectivity index (χ2v) is 2.99. The number of hydrogen-bond acceptors (Lipinski definition) is 2. The predicted molar refractivity (Wildman–Crippen MR) is 48.4 cm³/mol. The van der Waals surface area contributed by atoms with Gasteiger partial charge >= 0.3 is 0 Å². The van der Waals surface area contributed by atoms with Crippen LogP contribution in [0.2, 0.25) is 5.02 Å². The topological polar surface area (TPSA) is 59.9 Å². The van der Waals surface area contributed by atoms with Crippen molar-refractivity contribution >= 4 is 17.5 Å². The standard InChI is InChI=1S/C8H8ClN3O/c1-12(3-2-10)8(13)7-4-6(9)5-11-7/h4-5,11H,3H2,1H3. The van der Waals surface area contributed by atoms with Crippen LogP contribution in [0, 0.1) is 11.3 Å². The molecule has 0 fully saturated rings. The third-order valence-electron chi connectivity index (χ3n) is 1.53. The van der Waals surface area contributed by atoms with Gasteiger partial charge in [0.25, 0.3) is 5.91 Å². The smallest absolute Gasteiger partial charge is 0.270 e. The van der Waals surface area contributed by atoms with Crippen LogP contribution in [0.15, 0.2) is 12.3 Å². The van der Waals surface area contributed by atoms with Crippen LogP contribution in [0.1, 0.15) is 10.5 Å². The Balaban J connectivity index is 2.74. The number of rotatable bonds is 2. The number of H-pyrrole nitrogens is 1. The first-order chi connectivity index (χ1) is 6.15. The number of carbonyl (C=O) groups is 1. The zero-order valence-electron chi connectivity index (χ0n) is 7.04. The van der Waals surface area contributed by atoms with Crippen LogP contribution < -0.4 is 0 Å². The lowest BCUT2D eigenvalue weighted by Crippen LogP contribution is -2.27. The number of nitriles is 1. The molecule has 0 aromatic carbocycles. The van der Waals surface area contributed by atoms with Gasteiger partial charge in [-0.15, -0.1) is 0 Å². The minimum atomic E-state index is -0.242. The van der Waals surface area contributed by atoms with Gasteiger partial charge in [0.05, 0.1) is 11.1 Å². The van der Waals surface area contributed by atoms with E-state index >= 15 is 0 Å². The summed E-state index contributed by atoms with van der Waals surface area (Å²) in [5, 5.41) is 8.84. The molecule has 0 radical (unpaired) electrons. The molecule has 1 heterocycles. The van der Waals surface area contributed by atoms with Crippen molar-refractivity contribution in [2.45, 2.75) is 0 Å². The first kappa shape index (κ1) is 9.62. The summed E-state index contributed by atoms with van der Waals surface area (Å²) in [4.78, 5) is 15.5. The second-order valence-electron chi connectivity index (χ2n) is 2.55. The predicted octanol–water partition coefficient (Wildman–Crippen LogP) is 1.26. The van der Waals surface area contributed by atoms with E-state index in [1.165, 1.54) is 17.2 Å². The van der Waals surface area contributed by atoms with Crippen LogP contribution in [-0.2, 0) is 0 Å². The summed E-state index contributed by atoms with van der Waals surface area (Å²) in [7, 11) is 1.56. The minimum Gasteiger partial charge on any atom is -0.356 e. The molecular weight excluding hydrogens is 190 g/mol. The Labute approximate surface area is 80.7 Å². The number of hydrogen-bond donors (Lipinski definition) is 1. The van der Waals surface area contributed by atoms with Crippen LogP contribution in [0.3, 0.4) is 0 Å². The lowest BCUT2D eigenvalue weighted by molar-refractivity contribution is 0.0807. The summed E-state index contributed by atoms with van der Waals surface area (Å²) in [6.45, 7) is 0.0650. The van der Waals surface area contributed by atoms with E-state index in [1.807, 2.05) is 6.07 Å². The van der Waals surface area contributed by atoms with Crippen molar-refractivity contribution in [1.29, 1.82) is 5.26 Å². The average molecular weight is 198 g/mol. The second kappa shape index (κ2) is 3.97. The number of halogens is 1. The molecule has 4 nitrogen and oxygen atoms in total. The lowest BCUT2D eigenvalue weighted by atomic mass is 10.4. The molecule has 1 rings (SSSR count). The first-order valence-corrected chi connectivity index (χ1v) is 3.99. The number of nitrogens with zero attached hydrogens (tertiary/aromatic N) is 2. The van der Waals surface area contributed by atoms with Crippen molar-refractivity contribution in [3.8, 4) is 6.07 Å². The molecule has 0 saturated heterocycles. The highest BCUT2D eigenvalue weighted by molar-refractivity contribution is 6.30. The largest absolute Gasteiger partial charge is 0.356 e. The fraction of sp³-hybridized carbons (Fsp3) is 0.250. The molecule has 1 amide bonds. The van der Waals surface area contributed by atoms with Gasteiger partial charge in [-0.25, -0.2) is 0 Å². The first-order valence-electron chi connectivity index (χ1n) is 3.61. The quantitative estimate of drug-likeness (QED) is 0.726. The van der Waals surface area contributed by atoms with Gasteiger partial charge in [0, 0.05) is 13.2 Å². The zero-order valence-corrected chi connectivity index (χ0v) is 7.80. The van der Waals surface area contributed by atoms with E-state index in [0.717, 1.165) is 0 Å². The Bertz CT molecular complexity index is 353. The van der Waals surface area contributed by atoms with E-state index in [1.54, 1.807) is 7.05 Å². The van der Waals surface area contributed by atoms with E-state index < -0.39 is 0 Å². The Morgan fingerprint density at radius 3 is 3.00 bits per heavy atom.